The minimum absolute atomic E-state index is 0.0687. The van der Waals surface area contributed by atoms with Gasteiger partial charge in [0.2, 0.25) is 0 Å². The highest BCUT2D eigenvalue weighted by Gasteiger charge is 2.38. The summed E-state index contributed by atoms with van der Waals surface area (Å²) in [5, 5.41) is 0. The average molecular weight is 349 g/mol. The fourth-order valence-corrected chi connectivity index (χ4v) is 3.01. The van der Waals surface area contributed by atoms with Crippen LogP contribution in [0.2, 0.25) is 0 Å². The fraction of sp³-hybridized carbons (Fsp3) is 0.0714. The largest absolute Gasteiger partial charge is 0.417 e. The highest BCUT2D eigenvalue weighted by molar-refractivity contribution is 8.13. The van der Waals surface area contributed by atoms with Gasteiger partial charge in [-0.2, -0.15) is 13.2 Å². The van der Waals surface area contributed by atoms with Gasteiger partial charge in [-0.1, -0.05) is 36.4 Å². The third-order valence-corrected chi connectivity index (χ3v) is 4.22. The molecule has 0 amide bonds. The van der Waals surface area contributed by atoms with Gasteiger partial charge in [0.25, 0.3) is 9.05 Å². The molecule has 0 radical (unpaired) electrons. The Bertz CT molecular complexity index is 815. The quantitative estimate of drug-likeness (QED) is 0.625. The van der Waals surface area contributed by atoms with Crippen molar-refractivity contribution >= 4 is 25.5 Å². The standard InChI is InChI=1S/C14H8ClF3O3S/c15-22(20,21)11-8-4-7-10(14(16,17)18)12(11)13(19)9-5-2-1-3-6-9/h1-8H. The molecule has 0 aliphatic carbocycles. The normalized spacial score (nSPS) is 12.2. The Morgan fingerprint density at radius 3 is 2.05 bits per heavy atom. The number of alkyl halides is 3. The molecule has 22 heavy (non-hydrogen) atoms. The summed E-state index contributed by atoms with van der Waals surface area (Å²) in [5.41, 5.74) is -2.39. The van der Waals surface area contributed by atoms with Gasteiger partial charge in [-0.25, -0.2) is 8.42 Å². The van der Waals surface area contributed by atoms with Gasteiger partial charge in [-0.3, -0.25) is 4.79 Å². The third kappa shape index (κ3) is 3.31. The van der Waals surface area contributed by atoms with Gasteiger partial charge in [0.05, 0.1) is 16.0 Å². The summed E-state index contributed by atoms with van der Waals surface area (Å²) in [6, 6.07) is 9.47. The molecule has 0 saturated carbocycles. The lowest BCUT2D eigenvalue weighted by molar-refractivity contribution is -0.138. The zero-order valence-electron chi connectivity index (χ0n) is 10.8. The predicted octanol–water partition coefficient (Wildman–Crippen LogP) is 3.86. The molecule has 0 heterocycles. The second-order valence-electron chi connectivity index (χ2n) is 4.31. The highest BCUT2D eigenvalue weighted by atomic mass is 35.7. The van der Waals surface area contributed by atoms with Crippen LogP contribution in [-0.2, 0) is 15.2 Å². The van der Waals surface area contributed by atoms with E-state index < -0.39 is 37.0 Å². The van der Waals surface area contributed by atoms with Crippen LogP contribution >= 0.6 is 10.7 Å². The minimum atomic E-state index is -4.89. The molecule has 0 spiro atoms. The maximum atomic E-state index is 13.1. The van der Waals surface area contributed by atoms with Crippen molar-refractivity contribution in [2.75, 3.05) is 0 Å². The second kappa shape index (κ2) is 5.73. The molecule has 0 aliphatic heterocycles. The van der Waals surface area contributed by atoms with Crippen LogP contribution in [0, 0.1) is 0 Å². The Hall–Kier alpha value is -1.86. The van der Waals surface area contributed by atoms with Crippen molar-refractivity contribution in [3.05, 3.63) is 65.2 Å². The molecule has 2 aromatic rings. The van der Waals surface area contributed by atoms with E-state index in [2.05, 4.69) is 0 Å². The number of benzene rings is 2. The molecular formula is C14H8ClF3O3S. The molecule has 0 bridgehead atoms. The number of carbonyl (C=O) groups is 1. The predicted molar refractivity (Wildman–Crippen MR) is 74.4 cm³/mol. The first-order valence-electron chi connectivity index (χ1n) is 5.87. The summed E-state index contributed by atoms with van der Waals surface area (Å²) in [6.45, 7) is 0. The lowest BCUT2D eigenvalue weighted by Crippen LogP contribution is -2.17. The number of halogens is 4. The molecule has 2 aromatic carbocycles. The molecule has 0 saturated heterocycles. The first-order valence-corrected chi connectivity index (χ1v) is 8.18. The Morgan fingerprint density at radius 2 is 1.55 bits per heavy atom. The molecule has 3 nitrogen and oxygen atoms in total. The van der Waals surface area contributed by atoms with E-state index in [0.717, 1.165) is 12.1 Å². The van der Waals surface area contributed by atoms with Crippen LogP contribution in [0.4, 0.5) is 13.2 Å². The summed E-state index contributed by atoms with van der Waals surface area (Å²) >= 11 is 0. The Kier molecular flexibility index (Phi) is 4.30. The van der Waals surface area contributed by atoms with Crippen LogP contribution in [0.25, 0.3) is 0 Å². The molecular weight excluding hydrogens is 341 g/mol. The molecule has 0 N–H and O–H groups in total. The maximum Gasteiger partial charge on any atom is 0.417 e. The van der Waals surface area contributed by atoms with Gasteiger partial charge in [0.1, 0.15) is 0 Å². The average Bonchev–Trinajstić information content (AvgIpc) is 2.45. The lowest BCUT2D eigenvalue weighted by atomic mass is 9.98. The summed E-state index contributed by atoms with van der Waals surface area (Å²) in [5.74, 6) is -1.06. The van der Waals surface area contributed by atoms with Crippen molar-refractivity contribution in [1.82, 2.24) is 0 Å². The van der Waals surface area contributed by atoms with Crippen molar-refractivity contribution in [2.24, 2.45) is 0 Å². The van der Waals surface area contributed by atoms with Crippen LogP contribution in [0.3, 0.4) is 0 Å². The number of ketones is 1. The van der Waals surface area contributed by atoms with E-state index in [-0.39, 0.29) is 5.56 Å². The molecule has 8 heteroatoms. The zero-order valence-corrected chi connectivity index (χ0v) is 12.3. The van der Waals surface area contributed by atoms with Crippen molar-refractivity contribution in [2.45, 2.75) is 11.1 Å². The fourth-order valence-electron chi connectivity index (χ4n) is 1.94. The Labute approximate surface area is 128 Å². The van der Waals surface area contributed by atoms with E-state index >= 15 is 0 Å². The molecule has 0 aliphatic rings. The zero-order chi connectivity index (χ0) is 16.5. The SMILES string of the molecule is O=C(c1ccccc1)c1c(C(F)(F)F)cccc1S(=O)(=O)Cl. The van der Waals surface area contributed by atoms with E-state index in [9.17, 15) is 26.4 Å². The molecule has 0 atom stereocenters. The van der Waals surface area contributed by atoms with E-state index in [0.29, 0.717) is 6.07 Å². The molecule has 0 fully saturated rings. The topological polar surface area (TPSA) is 51.2 Å². The monoisotopic (exact) mass is 348 g/mol. The van der Waals surface area contributed by atoms with Gasteiger partial charge in [0, 0.05) is 16.2 Å². The van der Waals surface area contributed by atoms with Crippen LogP contribution < -0.4 is 0 Å². The van der Waals surface area contributed by atoms with Gasteiger partial charge in [-0.05, 0) is 12.1 Å². The summed E-state index contributed by atoms with van der Waals surface area (Å²) in [4.78, 5) is 11.5. The van der Waals surface area contributed by atoms with Gasteiger partial charge < -0.3 is 0 Å². The van der Waals surface area contributed by atoms with Crippen LogP contribution in [-0.4, -0.2) is 14.2 Å². The number of carbonyl (C=O) groups excluding carboxylic acids is 1. The van der Waals surface area contributed by atoms with Crippen molar-refractivity contribution in [3.8, 4) is 0 Å². The van der Waals surface area contributed by atoms with Crippen molar-refractivity contribution < 1.29 is 26.4 Å². The first-order chi connectivity index (χ1) is 10.1. The van der Waals surface area contributed by atoms with E-state index in [1.54, 1.807) is 6.07 Å². The van der Waals surface area contributed by atoms with Gasteiger partial charge in [-0.15, -0.1) is 0 Å². The Balaban J connectivity index is 2.80. The van der Waals surface area contributed by atoms with E-state index in [1.807, 2.05) is 0 Å². The number of hydrogen-bond acceptors (Lipinski definition) is 3. The molecule has 0 unspecified atom stereocenters. The molecule has 2 rings (SSSR count). The smallest absolute Gasteiger partial charge is 0.289 e. The summed E-state index contributed by atoms with van der Waals surface area (Å²) in [7, 11) is 0.652. The van der Waals surface area contributed by atoms with Crippen LogP contribution in [0.5, 0.6) is 0 Å². The second-order valence-corrected chi connectivity index (χ2v) is 6.84. The third-order valence-electron chi connectivity index (χ3n) is 2.86. The van der Waals surface area contributed by atoms with Crippen molar-refractivity contribution in [1.29, 1.82) is 0 Å². The highest BCUT2D eigenvalue weighted by Crippen LogP contribution is 2.36. The molecule has 0 aromatic heterocycles. The van der Waals surface area contributed by atoms with E-state index in [4.69, 9.17) is 10.7 Å². The maximum absolute atomic E-state index is 13.1. The minimum Gasteiger partial charge on any atom is -0.289 e. The van der Waals surface area contributed by atoms with E-state index in [1.165, 1.54) is 24.3 Å². The summed E-state index contributed by atoms with van der Waals surface area (Å²) in [6.07, 6.45) is -4.89. The van der Waals surface area contributed by atoms with Gasteiger partial charge in [0.15, 0.2) is 5.78 Å². The number of hydrogen-bond donors (Lipinski definition) is 0. The lowest BCUT2D eigenvalue weighted by Gasteiger charge is -2.14. The van der Waals surface area contributed by atoms with Gasteiger partial charge >= 0.3 is 6.18 Å². The van der Waals surface area contributed by atoms with Crippen molar-refractivity contribution in [3.63, 3.8) is 0 Å². The van der Waals surface area contributed by atoms with Crippen LogP contribution in [0.15, 0.2) is 53.4 Å². The summed E-state index contributed by atoms with van der Waals surface area (Å²) < 4.78 is 62.3. The first kappa shape index (κ1) is 16.5. The molecule has 116 valence electrons. The number of rotatable bonds is 3. The van der Waals surface area contributed by atoms with Crippen LogP contribution in [0.1, 0.15) is 21.5 Å². The Morgan fingerprint density at radius 1 is 0.955 bits per heavy atom.